The molecule has 6 heteroatoms. The first kappa shape index (κ1) is 16.6. The average Bonchev–Trinajstić information content (AvgIpc) is 2.67. The van der Waals surface area contributed by atoms with Gasteiger partial charge >= 0.3 is 0 Å². The second-order valence-electron chi connectivity index (χ2n) is 5.49. The number of carbonyl (C=O) groups excluding carboxylic acids is 1. The van der Waals surface area contributed by atoms with E-state index in [-0.39, 0.29) is 11.7 Å². The average molecular weight is 336 g/mol. The summed E-state index contributed by atoms with van der Waals surface area (Å²) in [4.78, 5) is 20.4. The van der Waals surface area contributed by atoms with E-state index < -0.39 is 0 Å². The van der Waals surface area contributed by atoms with Gasteiger partial charge in [0.25, 0.3) is 5.91 Å². The highest BCUT2D eigenvalue weighted by Crippen LogP contribution is 2.11. The third-order valence-corrected chi connectivity index (χ3v) is 3.59. The normalized spacial score (nSPS) is 10.3. The van der Waals surface area contributed by atoms with Crippen molar-refractivity contribution in [3.8, 4) is 0 Å². The van der Waals surface area contributed by atoms with E-state index in [1.165, 1.54) is 18.3 Å². The van der Waals surface area contributed by atoms with E-state index in [1.54, 1.807) is 36.8 Å². The van der Waals surface area contributed by atoms with Crippen molar-refractivity contribution in [2.45, 2.75) is 13.1 Å². The van der Waals surface area contributed by atoms with Crippen LogP contribution < -0.4 is 10.6 Å². The molecular weight excluding hydrogens is 319 g/mol. The van der Waals surface area contributed by atoms with Gasteiger partial charge in [0.2, 0.25) is 0 Å². The van der Waals surface area contributed by atoms with Gasteiger partial charge in [0.1, 0.15) is 5.82 Å². The van der Waals surface area contributed by atoms with Crippen LogP contribution in [0.3, 0.4) is 0 Å². The van der Waals surface area contributed by atoms with Gasteiger partial charge in [-0.05, 0) is 35.4 Å². The molecule has 2 aromatic heterocycles. The zero-order chi connectivity index (χ0) is 17.5. The third kappa shape index (κ3) is 4.84. The molecule has 3 aromatic rings. The predicted octanol–water partition coefficient (Wildman–Crippen LogP) is 3.16. The monoisotopic (exact) mass is 336 g/mol. The first-order chi connectivity index (χ1) is 12.2. The number of hydrogen-bond acceptors (Lipinski definition) is 4. The summed E-state index contributed by atoms with van der Waals surface area (Å²) in [5.41, 5.74) is 3.07. The molecule has 0 radical (unpaired) electrons. The molecule has 2 N–H and O–H groups in total. The van der Waals surface area contributed by atoms with E-state index >= 15 is 0 Å². The van der Waals surface area contributed by atoms with Gasteiger partial charge in [0, 0.05) is 37.9 Å². The van der Waals surface area contributed by atoms with E-state index in [1.807, 2.05) is 12.1 Å². The first-order valence-corrected chi connectivity index (χ1v) is 7.81. The van der Waals surface area contributed by atoms with Crippen LogP contribution in [0.25, 0.3) is 0 Å². The molecule has 0 aliphatic rings. The number of benzene rings is 1. The molecule has 1 aromatic carbocycles. The molecular formula is C19H17FN4O. The number of pyridine rings is 2. The van der Waals surface area contributed by atoms with Crippen molar-refractivity contribution in [1.82, 2.24) is 15.3 Å². The molecule has 0 saturated heterocycles. The van der Waals surface area contributed by atoms with Gasteiger partial charge in [-0.15, -0.1) is 0 Å². The van der Waals surface area contributed by atoms with Gasteiger partial charge in [-0.1, -0.05) is 18.2 Å². The van der Waals surface area contributed by atoms with Crippen LogP contribution in [-0.4, -0.2) is 15.9 Å². The van der Waals surface area contributed by atoms with Crippen molar-refractivity contribution in [3.63, 3.8) is 0 Å². The van der Waals surface area contributed by atoms with Crippen molar-refractivity contribution in [2.75, 3.05) is 5.32 Å². The zero-order valence-corrected chi connectivity index (χ0v) is 13.4. The topological polar surface area (TPSA) is 66.9 Å². The summed E-state index contributed by atoms with van der Waals surface area (Å²) in [5, 5.41) is 6.01. The van der Waals surface area contributed by atoms with Crippen molar-refractivity contribution < 1.29 is 9.18 Å². The predicted molar refractivity (Wildman–Crippen MR) is 93.4 cm³/mol. The summed E-state index contributed by atoms with van der Waals surface area (Å²) in [6, 6.07) is 11.6. The van der Waals surface area contributed by atoms with E-state index in [9.17, 15) is 9.18 Å². The van der Waals surface area contributed by atoms with Crippen LogP contribution in [0.4, 0.5) is 10.1 Å². The molecule has 0 aliphatic heterocycles. The summed E-state index contributed by atoms with van der Waals surface area (Å²) in [5.74, 6) is -0.534. The number of anilines is 1. The minimum absolute atomic E-state index is 0.234. The summed E-state index contributed by atoms with van der Waals surface area (Å²) >= 11 is 0. The highest BCUT2D eigenvalue weighted by atomic mass is 19.1. The summed E-state index contributed by atoms with van der Waals surface area (Å²) in [7, 11) is 0. The van der Waals surface area contributed by atoms with Gasteiger partial charge in [-0.3, -0.25) is 14.8 Å². The Labute approximate surface area is 145 Å². The Hall–Kier alpha value is -3.28. The molecule has 0 bridgehead atoms. The second-order valence-corrected chi connectivity index (χ2v) is 5.49. The fraction of sp³-hybridized carbons (Fsp3) is 0.105. The molecule has 25 heavy (non-hydrogen) atoms. The minimum atomic E-state index is -0.299. The lowest BCUT2D eigenvalue weighted by atomic mass is 10.2. The molecule has 3 rings (SSSR count). The number of aromatic nitrogens is 2. The van der Waals surface area contributed by atoms with Crippen LogP contribution >= 0.6 is 0 Å². The van der Waals surface area contributed by atoms with E-state index in [0.717, 1.165) is 16.8 Å². The van der Waals surface area contributed by atoms with Crippen LogP contribution in [0.2, 0.25) is 0 Å². The molecule has 0 aliphatic carbocycles. The van der Waals surface area contributed by atoms with E-state index in [4.69, 9.17) is 0 Å². The lowest BCUT2D eigenvalue weighted by Crippen LogP contribution is -2.23. The van der Waals surface area contributed by atoms with Crippen LogP contribution in [0.1, 0.15) is 21.5 Å². The summed E-state index contributed by atoms with van der Waals surface area (Å²) in [6.07, 6.45) is 6.67. The summed E-state index contributed by atoms with van der Waals surface area (Å²) < 4.78 is 12.9. The van der Waals surface area contributed by atoms with E-state index in [2.05, 4.69) is 20.6 Å². The van der Waals surface area contributed by atoms with Crippen molar-refractivity contribution in [1.29, 1.82) is 0 Å². The van der Waals surface area contributed by atoms with Crippen LogP contribution in [-0.2, 0) is 13.1 Å². The molecule has 126 valence electrons. The standard InChI is InChI=1S/C19H17FN4O/c20-17-5-3-14(4-6-17)10-24-19(25)16-8-18(13-22-12-16)23-11-15-2-1-7-21-9-15/h1-9,12-13,23H,10-11H2,(H,24,25). The largest absolute Gasteiger partial charge is 0.380 e. The quantitative estimate of drug-likeness (QED) is 0.726. The Morgan fingerprint density at radius 3 is 2.56 bits per heavy atom. The number of carbonyl (C=O) groups is 1. The third-order valence-electron chi connectivity index (χ3n) is 3.59. The van der Waals surface area contributed by atoms with Crippen LogP contribution in [0, 0.1) is 5.82 Å². The molecule has 0 atom stereocenters. The molecule has 1 amide bonds. The zero-order valence-electron chi connectivity index (χ0n) is 13.4. The van der Waals surface area contributed by atoms with Gasteiger partial charge < -0.3 is 10.6 Å². The Morgan fingerprint density at radius 2 is 1.80 bits per heavy atom. The lowest BCUT2D eigenvalue weighted by Gasteiger charge is -2.09. The fourth-order valence-corrected chi connectivity index (χ4v) is 2.25. The number of hydrogen-bond donors (Lipinski definition) is 2. The molecule has 2 heterocycles. The molecule has 5 nitrogen and oxygen atoms in total. The maximum atomic E-state index is 12.9. The highest BCUT2D eigenvalue weighted by Gasteiger charge is 2.07. The second kappa shape index (κ2) is 8.01. The van der Waals surface area contributed by atoms with Gasteiger partial charge in [0.15, 0.2) is 0 Å². The minimum Gasteiger partial charge on any atom is -0.380 e. The number of halogens is 1. The fourth-order valence-electron chi connectivity index (χ4n) is 2.25. The van der Waals surface area contributed by atoms with Crippen molar-refractivity contribution >= 4 is 11.6 Å². The molecule has 0 spiro atoms. The number of rotatable bonds is 6. The number of amides is 1. The molecule has 0 unspecified atom stereocenters. The van der Waals surface area contributed by atoms with Gasteiger partial charge in [-0.2, -0.15) is 0 Å². The number of nitrogens with zero attached hydrogens (tertiary/aromatic N) is 2. The number of nitrogens with one attached hydrogen (secondary N) is 2. The van der Waals surface area contributed by atoms with Crippen molar-refractivity contribution in [2.24, 2.45) is 0 Å². The molecule has 0 fully saturated rings. The first-order valence-electron chi connectivity index (χ1n) is 7.81. The SMILES string of the molecule is O=C(NCc1ccc(F)cc1)c1cncc(NCc2cccnc2)c1. The maximum Gasteiger partial charge on any atom is 0.253 e. The van der Waals surface area contributed by atoms with E-state index in [0.29, 0.717) is 18.7 Å². The highest BCUT2D eigenvalue weighted by molar-refractivity contribution is 5.94. The maximum absolute atomic E-state index is 12.9. The Morgan fingerprint density at radius 1 is 0.960 bits per heavy atom. The smallest absolute Gasteiger partial charge is 0.253 e. The molecule has 0 saturated carbocycles. The van der Waals surface area contributed by atoms with Crippen LogP contribution in [0.15, 0.2) is 67.3 Å². The lowest BCUT2D eigenvalue weighted by molar-refractivity contribution is 0.0950. The Bertz CT molecular complexity index is 838. The van der Waals surface area contributed by atoms with Crippen LogP contribution in [0.5, 0.6) is 0 Å². The van der Waals surface area contributed by atoms with Gasteiger partial charge in [-0.25, -0.2) is 4.39 Å². The van der Waals surface area contributed by atoms with Gasteiger partial charge in [0.05, 0.1) is 11.3 Å². The summed E-state index contributed by atoms with van der Waals surface area (Å²) in [6.45, 7) is 0.919. The van der Waals surface area contributed by atoms with Crippen molar-refractivity contribution in [3.05, 3.63) is 89.8 Å². The Kier molecular flexibility index (Phi) is 5.31. The Balaban J connectivity index is 1.58.